The highest BCUT2D eigenvalue weighted by Crippen LogP contribution is 2.31. The molecule has 0 spiro atoms. The second-order valence-corrected chi connectivity index (χ2v) is 7.21. The predicted octanol–water partition coefficient (Wildman–Crippen LogP) is 2.60. The Morgan fingerprint density at radius 1 is 1.38 bits per heavy atom. The quantitative estimate of drug-likeness (QED) is 0.642. The van der Waals surface area contributed by atoms with E-state index in [0.29, 0.717) is 18.3 Å². The van der Waals surface area contributed by atoms with Crippen LogP contribution >= 0.6 is 0 Å². The van der Waals surface area contributed by atoms with Crippen LogP contribution in [-0.2, 0) is 10.8 Å². The Bertz CT molecular complexity index is 744. The molecule has 1 aliphatic rings. The van der Waals surface area contributed by atoms with Gasteiger partial charge in [-0.3, -0.25) is 9.62 Å². The van der Waals surface area contributed by atoms with Crippen LogP contribution in [0.1, 0.15) is 19.8 Å². The number of hydrogen-bond acceptors (Lipinski definition) is 6. The Kier molecular flexibility index (Phi) is 5.40. The van der Waals surface area contributed by atoms with E-state index in [0.717, 1.165) is 53.9 Å². The molecule has 1 saturated heterocycles. The van der Waals surface area contributed by atoms with Gasteiger partial charge in [0.25, 0.3) is 0 Å². The molecular weight excluding hydrogens is 324 g/mol. The molecule has 0 amide bonds. The lowest BCUT2D eigenvalue weighted by atomic mass is 9.98. The summed E-state index contributed by atoms with van der Waals surface area (Å²) >= 11 is 0. The third-order valence-electron chi connectivity index (χ3n) is 4.35. The van der Waals surface area contributed by atoms with Crippen LogP contribution in [0, 0.1) is 11.3 Å². The van der Waals surface area contributed by atoms with Gasteiger partial charge in [0.2, 0.25) is 0 Å². The minimum absolute atomic E-state index is 0.413. The predicted molar refractivity (Wildman–Crippen MR) is 97.4 cm³/mol. The SMILES string of the molecule is CCOc1cccc2c(N3CCC(CS(=O)C=N)CC3)ncnc12. The molecule has 1 unspecified atom stereocenters. The van der Waals surface area contributed by atoms with Crippen LogP contribution in [0.25, 0.3) is 10.9 Å². The third kappa shape index (κ3) is 3.56. The molecule has 1 fully saturated rings. The lowest BCUT2D eigenvalue weighted by Gasteiger charge is -2.33. The Morgan fingerprint density at radius 2 is 2.17 bits per heavy atom. The van der Waals surface area contributed by atoms with Gasteiger partial charge in [0, 0.05) is 24.2 Å². The molecule has 24 heavy (non-hydrogen) atoms. The van der Waals surface area contributed by atoms with Crippen LogP contribution < -0.4 is 9.64 Å². The zero-order chi connectivity index (χ0) is 16.9. The maximum Gasteiger partial charge on any atom is 0.145 e. The lowest BCUT2D eigenvalue weighted by Crippen LogP contribution is -2.36. The van der Waals surface area contributed by atoms with E-state index in [-0.39, 0.29) is 0 Å². The van der Waals surface area contributed by atoms with Gasteiger partial charge in [-0.1, -0.05) is 6.07 Å². The first-order valence-electron chi connectivity index (χ1n) is 8.22. The van der Waals surface area contributed by atoms with E-state index in [2.05, 4.69) is 14.9 Å². The fourth-order valence-corrected chi connectivity index (χ4v) is 4.06. The van der Waals surface area contributed by atoms with Crippen molar-refractivity contribution in [2.45, 2.75) is 19.8 Å². The van der Waals surface area contributed by atoms with Gasteiger partial charge in [-0.2, -0.15) is 0 Å². The van der Waals surface area contributed by atoms with Crippen molar-refractivity contribution in [2.24, 2.45) is 5.92 Å². The summed E-state index contributed by atoms with van der Waals surface area (Å²) in [6.45, 7) is 4.33. The van der Waals surface area contributed by atoms with Gasteiger partial charge in [-0.05, 0) is 37.8 Å². The summed E-state index contributed by atoms with van der Waals surface area (Å²) in [7, 11) is -1.13. The molecule has 1 atom stereocenters. The normalized spacial score (nSPS) is 17.0. The molecule has 3 rings (SSSR count). The molecule has 128 valence electrons. The van der Waals surface area contributed by atoms with Crippen molar-refractivity contribution in [3.05, 3.63) is 24.5 Å². The Hall–Kier alpha value is -2.02. The van der Waals surface area contributed by atoms with Crippen molar-refractivity contribution in [1.82, 2.24) is 9.97 Å². The second-order valence-electron chi connectivity index (χ2n) is 5.88. The molecule has 6 nitrogen and oxygen atoms in total. The highest BCUT2D eigenvalue weighted by atomic mass is 32.2. The first kappa shape index (κ1) is 16.8. The van der Waals surface area contributed by atoms with Crippen molar-refractivity contribution in [3.63, 3.8) is 0 Å². The maximum absolute atomic E-state index is 11.5. The van der Waals surface area contributed by atoms with Crippen LogP contribution in [0.15, 0.2) is 24.5 Å². The number of ether oxygens (including phenoxy) is 1. The Balaban J connectivity index is 1.80. The molecule has 2 aromatic rings. The number of nitrogens with zero attached hydrogens (tertiary/aromatic N) is 3. The second kappa shape index (κ2) is 7.70. The van der Waals surface area contributed by atoms with Crippen molar-refractivity contribution >= 4 is 33.1 Å². The third-order valence-corrected chi connectivity index (χ3v) is 5.41. The van der Waals surface area contributed by atoms with Crippen LogP contribution in [0.2, 0.25) is 0 Å². The molecule has 0 aliphatic carbocycles. The van der Waals surface area contributed by atoms with Crippen LogP contribution in [0.5, 0.6) is 5.75 Å². The summed E-state index contributed by atoms with van der Waals surface area (Å²) in [5.41, 5.74) is 1.89. The number of benzene rings is 1. The van der Waals surface area contributed by atoms with Gasteiger partial charge >= 0.3 is 0 Å². The standard InChI is InChI=1S/C17H22N4O2S/c1-2-23-15-5-3-4-14-16(15)19-12-20-17(14)21-8-6-13(7-9-21)10-24(22)11-18/h3-5,11-13,18H,2,6-10H2,1H3. The van der Waals surface area contributed by atoms with E-state index >= 15 is 0 Å². The van der Waals surface area contributed by atoms with E-state index in [1.54, 1.807) is 6.33 Å². The zero-order valence-electron chi connectivity index (χ0n) is 13.8. The molecule has 1 aromatic carbocycles. The van der Waals surface area contributed by atoms with Gasteiger partial charge in [-0.15, -0.1) is 0 Å². The Labute approximate surface area is 144 Å². The number of nitrogens with one attached hydrogen (secondary N) is 1. The van der Waals surface area contributed by atoms with Gasteiger partial charge in [0.1, 0.15) is 23.4 Å². The van der Waals surface area contributed by atoms with E-state index < -0.39 is 10.8 Å². The smallest absolute Gasteiger partial charge is 0.145 e. The molecule has 0 radical (unpaired) electrons. The highest BCUT2D eigenvalue weighted by Gasteiger charge is 2.23. The number of para-hydroxylation sites is 1. The summed E-state index contributed by atoms with van der Waals surface area (Å²) < 4.78 is 17.2. The average molecular weight is 346 g/mol. The molecule has 1 aromatic heterocycles. The van der Waals surface area contributed by atoms with Crippen LogP contribution in [-0.4, -0.2) is 45.2 Å². The molecular formula is C17H22N4O2S. The minimum Gasteiger partial charge on any atom is -0.492 e. The van der Waals surface area contributed by atoms with Gasteiger partial charge in [-0.25, -0.2) is 9.97 Å². The largest absolute Gasteiger partial charge is 0.492 e. The molecule has 7 heteroatoms. The van der Waals surface area contributed by atoms with Crippen molar-refractivity contribution in [1.29, 1.82) is 5.41 Å². The molecule has 2 heterocycles. The number of aromatic nitrogens is 2. The van der Waals surface area contributed by atoms with E-state index in [1.807, 2.05) is 25.1 Å². The number of fused-ring (bicyclic) bond motifs is 1. The summed E-state index contributed by atoms with van der Waals surface area (Å²) in [6.07, 6.45) is 3.53. The van der Waals surface area contributed by atoms with Gasteiger partial charge in [0.15, 0.2) is 0 Å². The minimum atomic E-state index is -1.13. The monoisotopic (exact) mass is 346 g/mol. The van der Waals surface area contributed by atoms with E-state index in [4.69, 9.17) is 10.1 Å². The summed E-state index contributed by atoms with van der Waals surface area (Å²) in [5.74, 6) is 2.73. The van der Waals surface area contributed by atoms with Crippen molar-refractivity contribution in [3.8, 4) is 5.75 Å². The highest BCUT2D eigenvalue weighted by molar-refractivity contribution is 7.98. The number of rotatable bonds is 6. The topological polar surface area (TPSA) is 79.2 Å². The number of anilines is 1. The molecule has 1 N–H and O–H groups in total. The van der Waals surface area contributed by atoms with E-state index in [9.17, 15) is 4.21 Å². The number of piperidine rings is 1. The van der Waals surface area contributed by atoms with Gasteiger partial charge < -0.3 is 9.64 Å². The Morgan fingerprint density at radius 3 is 2.88 bits per heavy atom. The maximum atomic E-state index is 11.5. The molecule has 0 saturated carbocycles. The first-order valence-corrected chi connectivity index (χ1v) is 9.60. The zero-order valence-corrected chi connectivity index (χ0v) is 14.6. The first-order chi connectivity index (χ1) is 11.7. The van der Waals surface area contributed by atoms with Crippen LogP contribution in [0.4, 0.5) is 5.82 Å². The fourth-order valence-electron chi connectivity index (χ4n) is 3.16. The molecule has 0 bridgehead atoms. The summed E-state index contributed by atoms with van der Waals surface area (Å²) in [5, 5.41) is 8.09. The summed E-state index contributed by atoms with van der Waals surface area (Å²) in [6, 6.07) is 5.94. The van der Waals surface area contributed by atoms with E-state index in [1.165, 1.54) is 0 Å². The molecule has 1 aliphatic heterocycles. The van der Waals surface area contributed by atoms with Crippen LogP contribution in [0.3, 0.4) is 0 Å². The lowest BCUT2D eigenvalue weighted by molar-refractivity contribution is 0.343. The summed E-state index contributed by atoms with van der Waals surface area (Å²) in [4.78, 5) is 11.2. The average Bonchev–Trinajstić information content (AvgIpc) is 2.62. The van der Waals surface area contributed by atoms with Gasteiger partial charge in [0.05, 0.1) is 23.0 Å². The number of hydrogen-bond donors (Lipinski definition) is 1. The van der Waals surface area contributed by atoms with Crippen molar-refractivity contribution < 1.29 is 8.95 Å². The fraction of sp³-hybridized carbons (Fsp3) is 0.471. The van der Waals surface area contributed by atoms with Crippen molar-refractivity contribution in [2.75, 3.05) is 30.3 Å².